The number of ketones is 1. The highest BCUT2D eigenvalue weighted by molar-refractivity contribution is 6.06. The molecule has 0 unspecified atom stereocenters. The minimum atomic E-state index is -0.704. The average Bonchev–Trinajstić information content (AvgIpc) is 3.13. The molecule has 50 heavy (non-hydrogen) atoms. The number of carbonyl (C=O) groups excluding carboxylic acids is 5. The molecule has 1 saturated carbocycles. The second-order valence-electron chi connectivity index (χ2n) is 11.6. The first-order valence-electron chi connectivity index (χ1n) is 16.3. The maximum atomic E-state index is 12.7. The zero-order valence-electron chi connectivity index (χ0n) is 28.0. The molecule has 3 aromatic carbocycles. The van der Waals surface area contributed by atoms with Crippen molar-refractivity contribution in [2.75, 3.05) is 20.3 Å². The standard InChI is InChI=1S/C40H40O10/c1-27(25-37(42)46-3)39(44)48-24-23-47-33-18-16-32(17-19-33)36(41)22-11-29-9-12-30(13-10-29)31-14-20-35(21-15-31)50-40(45)28(2)26-38(43)49-34-7-5-4-6-8-34/h9-22,34H,1-2,4-8,23-26H2,3H3/b22-11+. The zero-order valence-corrected chi connectivity index (χ0v) is 28.0. The molecule has 1 fully saturated rings. The summed E-state index contributed by atoms with van der Waals surface area (Å²) >= 11 is 0. The quantitative estimate of drug-likeness (QED) is 0.0388. The van der Waals surface area contributed by atoms with Crippen molar-refractivity contribution in [2.45, 2.75) is 51.0 Å². The van der Waals surface area contributed by atoms with E-state index in [0.717, 1.165) is 48.8 Å². The first kappa shape index (κ1) is 37.1. The minimum Gasteiger partial charge on any atom is -0.490 e. The van der Waals surface area contributed by atoms with Crippen LogP contribution in [0.5, 0.6) is 11.5 Å². The van der Waals surface area contributed by atoms with Crippen molar-refractivity contribution in [3.63, 3.8) is 0 Å². The molecule has 0 atom stereocenters. The predicted octanol–water partition coefficient (Wildman–Crippen LogP) is 7.02. The summed E-state index contributed by atoms with van der Waals surface area (Å²) in [7, 11) is 1.22. The Morgan fingerprint density at radius 3 is 1.92 bits per heavy atom. The van der Waals surface area contributed by atoms with Gasteiger partial charge in [-0.15, -0.1) is 0 Å². The molecule has 0 saturated heterocycles. The van der Waals surface area contributed by atoms with Gasteiger partial charge in [-0.05, 0) is 84.8 Å². The van der Waals surface area contributed by atoms with E-state index in [1.54, 1.807) is 42.5 Å². The summed E-state index contributed by atoms with van der Waals surface area (Å²) in [6.45, 7) is 7.24. The molecule has 0 heterocycles. The highest BCUT2D eigenvalue weighted by atomic mass is 16.6. The van der Waals surface area contributed by atoms with E-state index in [2.05, 4.69) is 17.9 Å². The third-order valence-electron chi connectivity index (χ3n) is 7.83. The first-order valence-corrected chi connectivity index (χ1v) is 16.3. The van der Waals surface area contributed by atoms with Crippen LogP contribution in [-0.2, 0) is 33.4 Å². The van der Waals surface area contributed by atoms with Gasteiger partial charge in [0.25, 0.3) is 0 Å². The lowest BCUT2D eigenvalue weighted by atomic mass is 9.98. The molecule has 3 aromatic rings. The Labute approximate surface area is 291 Å². The van der Waals surface area contributed by atoms with Crippen LogP contribution in [0, 0.1) is 0 Å². The van der Waals surface area contributed by atoms with E-state index < -0.39 is 23.9 Å². The predicted molar refractivity (Wildman–Crippen MR) is 186 cm³/mol. The Balaban J connectivity index is 1.19. The van der Waals surface area contributed by atoms with Crippen molar-refractivity contribution >= 4 is 35.7 Å². The first-order chi connectivity index (χ1) is 24.1. The van der Waals surface area contributed by atoms with Crippen molar-refractivity contribution in [3.05, 3.63) is 114 Å². The van der Waals surface area contributed by atoms with E-state index in [1.165, 1.54) is 13.2 Å². The minimum absolute atomic E-state index is 0.00882. The van der Waals surface area contributed by atoms with Gasteiger partial charge < -0.3 is 23.7 Å². The summed E-state index contributed by atoms with van der Waals surface area (Å²) < 4.78 is 25.9. The molecule has 1 aliphatic carbocycles. The largest absolute Gasteiger partial charge is 0.490 e. The van der Waals surface area contributed by atoms with Crippen LogP contribution in [0.4, 0.5) is 0 Å². The number of esters is 4. The zero-order chi connectivity index (χ0) is 35.9. The van der Waals surface area contributed by atoms with Crippen molar-refractivity contribution in [1.29, 1.82) is 0 Å². The van der Waals surface area contributed by atoms with Crippen molar-refractivity contribution in [3.8, 4) is 22.6 Å². The summed E-state index contributed by atoms with van der Waals surface area (Å²) in [4.78, 5) is 60.4. The van der Waals surface area contributed by atoms with E-state index in [1.807, 2.05) is 36.4 Å². The van der Waals surface area contributed by atoms with Gasteiger partial charge in [0.15, 0.2) is 5.78 Å². The van der Waals surface area contributed by atoms with Crippen LogP contribution >= 0.6 is 0 Å². The van der Waals surface area contributed by atoms with Crippen molar-refractivity contribution in [2.24, 2.45) is 0 Å². The van der Waals surface area contributed by atoms with Gasteiger partial charge in [0.05, 0.1) is 20.0 Å². The lowest BCUT2D eigenvalue weighted by Crippen LogP contribution is -2.22. The molecule has 0 spiro atoms. The SMILES string of the molecule is C=C(CC(=O)OC)C(=O)OCCOc1ccc(C(=O)/C=C/c2ccc(-c3ccc(OC(=O)C(=C)CC(=O)OC4CCCCC4)cc3)cc2)cc1. The topological polar surface area (TPSA) is 132 Å². The lowest BCUT2D eigenvalue weighted by Gasteiger charge is -2.21. The summed E-state index contributed by atoms with van der Waals surface area (Å²) in [5, 5.41) is 0. The third kappa shape index (κ3) is 11.7. The molecule has 0 aromatic heterocycles. The van der Waals surface area contributed by atoms with Crippen LogP contribution in [-0.4, -0.2) is 56.1 Å². The van der Waals surface area contributed by atoms with Crippen LogP contribution in [0.2, 0.25) is 0 Å². The average molecular weight is 681 g/mol. The molecule has 0 radical (unpaired) electrons. The summed E-state index contributed by atoms with van der Waals surface area (Å²) in [5.74, 6) is -1.78. The molecular weight excluding hydrogens is 640 g/mol. The molecule has 0 bridgehead atoms. The molecule has 4 rings (SSSR count). The van der Waals surface area contributed by atoms with Gasteiger partial charge in [0.1, 0.15) is 30.8 Å². The summed E-state index contributed by atoms with van der Waals surface area (Å²) in [6.07, 6.45) is 7.62. The monoisotopic (exact) mass is 680 g/mol. The van der Waals surface area contributed by atoms with Crippen LogP contribution in [0.15, 0.2) is 103 Å². The number of methoxy groups -OCH3 is 1. The Morgan fingerprint density at radius 2 is 1.28 bits per heavy atom. The van der Waals surface area contributed by atoms with Gasteiger partial charge in [-0.25, -0.2) is 9.59 Å². The highest BCUT2D eigenvalue weighted by Gasteiger charge is 2.21. The van der Waals surface area contributed by atoms with E-state index in [4.69, 9.17) is 18.9 Å². The van der Waals surface area contributed by atoms with Crippen LogP contribution in [0.1, 0.15) is 60.9 Å². The smallest absolute Gasteiger partial charge is 0.339 e. The number of hydrogen-bond donors (Lipinski definition) is 0. The normalized spacial score (nSPS) is 12.8. The second-order valence-corrected chi connectivity index (χ2v) is 11.6. The van der Waals surface area contributed by atoms with E-state index in [-0.39, 0.29) is 49.1 Å². The van der Waals surface area contributed by atoms with Gasteiger partial charge in [0, 0.05) is 16.7 Å². The Morgan fingerprint density at radius 1 is 0.700 bits per heavy atom. The summed E-state index contributed by atoms with van der Waals surface area (Å²) in [6, 6.07) is 21.2. The molecule has 10 nitrogen and oxygen atoms in total. The second kappa shape index (κ2) is 18.7. The number of allylic oxidation sites excluding steroid dienone is 1. The number of carbonyl (C=O) groups is 5. The van der Waals surface area contributed by atoms with Gasteiger partial charge in [0.2, 0.25) is 0 Å². The maximum absolute atomic E-state index is 12.7. The molecule has 0 amide bonds. The number of hydrogen-bond acceptors (Lipinski definition) is 10. The summed E-state index contributed by atoms with van der Waals surface area (Å²) in [5.41, 5.74) is 3.16. The molecule has 0 aliphatic heterocycles. The highest BCUT2D eigenvalue weighted by Crippen LogP contribution is 2.25. The molecule has 260 valence electrons. The van der Waals surface area contributed by atoms with E-state index in [9.17, 15) is 24.0 Å². The van der Waals surface area contributed by atoms with Crippen LogP contribution in [0.3, 0.4) is 0 Å². The van der Waals surface area contributed by atoms with Crippen molar-refractivity contribution < 1.29 is 47.7 Å². The molecular formula is C40H40O10. The number of rotatable bonds is 16. The lowest BCUT2D eigenvalue weighted by molar-refractivity contribution is -0.150. The number of ether oxygens (including phenoxy) is 5. The van der Waals surface area contributed by atoms with Crippen molar-refractivity contribution in [1.82, 2.24) is 0 Å². The maximum Gasteiger partial charge on any atom is 0.339 e. The van der Waals surface area contributed by atoms with E-state index >= 15 is 0 Å². The van der Waals surface area contributed by atoms with Crippen LogP contribution in [0.25, 0.3) is 17.2 Å². The fourth-order valence-corrected chi connectivity index (χ4v) is 5.04. The molecule has 1 aliphatic rings. The van der Waals surface area contributed by atoms with Gasteiger partial charge in [-0.3, -0.25) is 14.4 Å². The number of benzene rings is 3. The van der Waals surface area contributed by atoms with Crippen LogP contribution < -0.4 is 9.47 Å². The van der Waals surface area contributed by atoms with Gasteiger partial charge in [-0.1, -0.05) is 62.1 Å². The Kier molecular flexibility index (Phi) is 13.8. The van der Waals surface area contributed by atoms with Gasteiger partial charge >= 0.3 is 23.9 Å². The Bertz CT molecular complexity index is 1710. The fraction of sp³-hybridized carbons (Fsp3) is 0.275. The third-order valence-corrected chi connectivity index (χ3v) is 7.83. The van der Waals surface area contributed by atoms with Gasteiger partial charge in [-0.2, -0.15) is 0 Å². The Hall–Kier alpha value is -5.77. The fourth-order valence-electron chi connectivity index (χ4n) is 5.04. The van der Waals surface area contributed by atoms with E-state index in [0.29, 0.717) is 17.1 Å². The molecule has 0 N–H and O–H groups in total. The molecule has 10 heteroatoms.